The summed E-state index contributed by atoms with van der Waals surface area (Å²) < 4.78 is 12.2. The van der Waals surface area contributed by atoms with Crippen molar-refractivity contribution < 1.29 is 4.39 Å². The molecule has 2 aliphatic rings. The predicted molar refractivity (Wildman–Crippen MR) is 120 cm³/mol. The van der Waals surface area contributed by atoms with Gasteiger partial charge in [-0.1, -0.05) is 62.6 Å². The van der Waals surface area contributed by atoms with Gasteiger partial charge in [-0.15, -0.1) is 0 Å². The van der Waals surface area contributed by atoms with Crippen LogP contribution < -0.4 is 0 Å². The zero-order valence-corrected chi connectivity index (χ0v) is 18.1. The molecule has 0 radical (unpaired) electrons. The van der Waals surface area contributed by atoms with Crippen LogP contribution >= 0.6 is 0 Å². The zero-order chi connectivity index (χ0) is 19.6. The minimum absolute atomic E-state index is 0.210. The third-order valence-corrected chi connectivity index (χ3v) is 7.40. The van der Waals surface area contributed by atoms with Crippen LogP contribution in [0.4, 0.5) is 4.39 Å². The average molecular weight is 385 g/mol. The summed E-state index contributed by atoms with van der Waals surface area (Å²) in [5.74, 6) is 3.45. The van der Waals surface area contributed by atoms with Gasteiger partial charge in [0.15, 0.2) is 0 Å². The fourth-order valence-corrected chi connectivity index (χ4v) is 5.52. The van der Waals surface area contributed by atoms with Crippen LogP contribution in [0, 0.1) is 17.8 Å². The van der Waals surface area contributed by atoms with E-state index in [9.17, 15) is 4.39 Å². The molecule has 0 amide bonds. The van der Waals surface area contributed by atoms with Gasteiger partial charge in [0.25, 0.3) is 0 Å². The smallest absolute Gasteiger partial charge is 0.0928 e. The van der Waals surface area contributed by atoms with E-state index in [0.717, 1.165) is 23.7 Å². The fourth-order valence-electron chi connectivity index (χ4n) is 5.52. The zero-order valence-electron chi connectivity index (χ0n) is 18.1. The molecule has 3 rings (SSSR count). The molecular weight excluding hydrogens is 343 g/mol. The number of rotatable bonds is 9. The third kappa shape index (κ3) is 6.75. The molecule has 0 spiro atoms. The van der Waals surface area contributed by atoms with Crippen LogP contribution in [0.3, 0.4) is 0 Å². The molecule has 0 aromatic heterocycles. The van der Waals surface area contributed by atoms with E-state index in [2.05, 4.69) is 43.3 Å². The van der Waals surface area contributed by atoms with Crippen molar-refractivity contribution >= 4 is 0 Å². The summed E-state index contributed by atoms with van der Waals surface area (Å²) in [6, 6.07) is 9.51. The second kappa shape index (κ2) is 11.8. The molecule has 2 aliphatic carbocycles. The lowest BCUT2D eigenvalue weighted by Crippen LogP contribution is -2.17. The summed E-state index contributed by atoms with van der Waals surface area (Å²) in [7, 11) is 0. The highest BCUT2D eigenvalue weighted by Gasteiger charge is 2.24. The Labute approximate surface area is 173 Å². The minimum atomic E-state index is -0.210. The Kier molecular flexibility index (Phi) is 9.09. The number of aryl methyl sites for hydroxylation is 1. The molecule has 0 unspecified atom stereocenters. The number of benzene rings is 1. The molecule has 1 aromatic carbocycles. The Balaban J connectivity index is 1.33. The standard InChI is InChI=1S/C27H41F/c1-2-5-22-13-17-26(18-14-22)27-19-15-25(16-20-27)12-11-24-9-7-23(8-10-24)6-3-4-21-28/h3,6,13-14,17-18,23-25,27H,2,4-5,7-12,15-16,19-21H2,1H3/b6-3+/t23-,24-,25?,27?. The van der Waals surface area contributed by atoms with Crippen molar-refractivity contribution in [2.24, 2.45) is 17.8 Å². The second-order valence-electron chi connectivity index (χ2n) is 9.47. The van der Waals surface area contributed by atoms with E-state index in [1.54, 1.807) is 5.56 Å². The van der Waals surface area contributed by atoms with Crippen LogP contribution in [-0.4, -0.2) is 6.67 Å². The van der Waals surface area contributed by atoms with Gasteiger partial charge in [-0.2, -0.15) is 0 Å². The molecule has 0 bridgehead atoms. The van der Waals surface area contributed by atoms with Crippen molar-refractivity contribution in [2.45, 2.75) is 96.3 Å². The highest BCUT2D eigenvalue weighted by atomic mass is 19.1. The maximum Gasteiger partial charge on any atom is 0.0928 e. The van der Waals surface area contributed by atoms with E-state index in [4.69, 9.17) is 0 Å². The Bertz CT molecular complexity index is 556. The lowest BCUT2D eigenvalue weighted by Gasteiger charge is -2.31. The van der Waals surface area contributed by atoms with Gasteiger partial charge in [-0.05, 0) is 99.0 Å². The van der Waals surface area contributed by atoms with Crippen molar-refractivity contribution in [3.8, 4) is 0 Å². The van der Waals surface area contributed by atoms with Gasteiger partial charge in [0.2, 0.25) is 0 Å². The number of alkyl halides is 1. The predicted octanol–water partition coefficient (Wildman–Crippen LogP) is 8.42. The SMILES string of the molecule is CCCc1ccc(C2CCC(CC[C@H]3CC[C@H](/C=C/CCF)CC3)CC2)cc1. The van der Waals surface area contributed by atoms with E-state index in [-0.39, 0.29) is 6.67 Å². The monoisotopic (exact) mass is 384 g/mol. The van der Waals surface area contributed by atoms with Crippen LogP contribution in [0.1, 0.15) is 101 Å². The maximum atomic E-state index is 12.2. The quantitative estimate of drug-likeness (QED) is 0.375. The lowest BCUT2D eigenvalue weighted by molar-refractivity contribution is 0.246. The van der Waals surface area contributed by atoms with E-state index in [1.807, 2.05) is 0 Å². The molecule has 1 heteroatoms. The number of allylic oxidation sites excluding steroid dienone is 2. The summed E-state index contributed by atoms with van der Waals surface area (Å²) in [6.45, 7) is 2.05. The van der Waals surface area contributed by atoms with E-state index in [1.165, 1.54) is 82.6 Å². The van der Waals surface area contributed by atoms with Crippen molar-refractivity contribution in [2.75, 3.05) is 6.67 Å². The second-order valence-corrected chi connectivity index (χ2v) is 9.47. The van der Waals surface area contributed by atoms with Gasteiger partial charge in [0, 0.05) is 0 Å². The van der Waals surface area contributed by atoms with Crippen molar-refractivity contribution in [1.29, 1.82) is 0 Å². The molecule has 156 valence electrons. The Morgan fingerprint density at radius 3 is 2.04 bits per heavy atom. The summed E-state index contributed by atoms with van der Waals surface area (Å²) >= 11 is 0. The molecule has 0 N–H and O–H groups in total. The van der Waals surface area contributed by atoms with E-state index < -0.39 is 0 Å². The summed E-state index contributed by atoms with van der Waals surface area (Å²) in [5, 5.41) is 0. The van der Waals surface area contributed by atoms with Gasteiger partial charge in [-0.25, -0.2) is 0 Å². The lowest BCUT2D eigenvalue weighted by atomic mass is 9.74. The topological polar surface area (TPSA) is 0 Å². The summed E-state index contributed by atoms with van der Waals surface area (Å²) in [5.41, 5.74) is 3.07. The highest BCUT2D eigenvalue weighted by molar-refractivity contribution is 5.25. The number of hydrogen-bond donors (Lipinski definition) is 0. The van der Waals surface area contributed by atoms with Crippen LogP contribution in [0.5, 0.6) is 0 Å². The first-order valence-electron chi connectivity index (χ1n) is 12.1. The minimum Gasteiger partial charge on any atom is -0.251 e. The Morgan fingerprint density at radius 1 is 0.857 bits per heavy atom. The van der Waals surface area contributed by atoms with Crippen LogP contribution in [0.25, 0.3) is 0 Å². The Hall–Kier alpha value is -1.11. The summed E-state index contributed by atoms with van der Waals surface area (Å²) in [4.78, 5) is 0. The maximum absolute atomic E-state index is 12.2. The van der Waals surface area contributed by atoms with Crippen LogP contribution in [0.2, 0.25) is 0 Å². The molecule has 1 aromatic rings. The average Bonchev–Trinajstić information content (AvgIpc) is 2.75. The molecular formula is C27H41F. The Morgan fingerprint density at radius 2 is 1.46 bits per heavy atom. The first-order chi connectivity index (χ1) is 13.8. The molecule has 0 nitrogen and oxygen atoms in total. The van der Waals surface area contributed by atoms with Crippen LogP contribution in [-0.2, 0) is 6.42 Å². The molecule has 0 saturated heterocycles. The summed E-state index contributed by atoms with van der Waals surface area (Å²) in [6.07, 6.45) is 21.4. The first-order valence-corrected chi connectivity index (χ1v) is 12.1. The molecule has 0 aliphatic heterocycles. The van der Waals surface area contributed by atoms with Crippen molar-refractivity contribution in [1.82, 2.24) is 0 Å². The van der Waals surface area contributed by atoms with Crippen molar-refractivity contribution in [3.63, 3.8) is 0 Å². The van der Waals surface area contributed by atoms with E-state index in [0.29, 0.717) is 6.42 Å². The highest BCUT2D eigenvalue weighted by Crippen LogP contribution is 2.40. The molecule has 2 fully saturated rings. The van der Waals surface area contributed by atoms with Gasteiger partial charge in [0.05, 0.1) is 6.67 Å². The fraction of sp³-hybridized carbons (Fsp3) is 0.704. The number of hydrogen-bond acceptors (Lipinski definition) is 0. The molecule has 28 heavy (non-hydrogen) atoms. The van der Waals surface area contributed by atoms with Crippen LogP contribution in [0.15, 0.2) is 36.4 Å². The molecule has 0 atom stereocenters. The first kappa shape index (κ1) is 21.6. The largest absolute Gasteiger partial charge is 0.251 e. The number of halogens is 1. The normalized spacial score (nSPS) is 28.6. The third-order valence-electron chi connectivity index (χ3n) is 7.40. The van der Waals surface area contributed by atoms with Gasteiger partial charge in [-0.3, -0.25) is 4.39 Å². The van der Waals surface area contributed by atoms with Gasteiger partial charge < -0.3 is 0 Å². The molecule has 2 saturated carbocycles. The van der Waals surface area contributed by atoms with Gasteiger partial charge >= 0.3 is 0 Å². The van der Waals surface area contributed by atoms with Gasteiger partial charge in [0.1, 0.15) is 0 Å². The van der Waals surface area contributed by atoms with Crippen molar-refractivity contribution in [3.05, 3.63) is 47.5 Å². The molecule has 0 heterocycles. The van der Waals surface area contributed by atoms with E-state index >= 15 is 0 Å².